The molecule has 6 rings (SSSR count). The molecule has 0 aromatic carbocycles. The Hall–Kier alpha value is -2.21. The summed E-state index contributed by atoms with van der Waals surface area (Å²) in [7, 11) is -11.2. The number of fused-ring (bicyclic) bond motifs is 7. The molecule has 192 valence electrons. The maximum Gasteiger partial charge on any atom is 0.283 e. The maximum absolute atomic E-state index is 13.0. The molecule has 2 aromatic heterocycles. The minimum Gasteiger partial charge on any atom is -0.756 e. The number of aromatic nitrogens is 4. The fraction of sp³-hybridized carbons (Fsp3) is 0.533. The Kier molecular flexibility index (Phi) is 5.90. The summed E-state index contributed by atoms with van der Waals surface area (Å²) in [6.07, 6.45) is -7.86. The van der Waals surface area contributed by atoms with E-state index in [0.29, 0.717) is 0 Å². The molecule has 0 amide bonds. The van der Waals surface area contributed by atoms with E-state index < -0.39 is 82.8 Å². The predicted molar refractivity (Wildman–Crippen MR) is 102 cm³/mol. The highest BCUT2D eigenvalue weighted by Gasteiger charge is 2.45. The van der Waals surface area contributed by atoms with E-state index in [9.17, 15) is 44.1 Å². The Labute approximate surface area is 193 Å². The fourth-order valence-corrected chi connectivity index (χ4v) is 5.71. The van der Waals surface area contributed by atoms with E-state index in [1.807, 2.05) is 0 Å². The molecule has 2 aromatic rings. The summed E-state index contributed by atoms with van der Waals surface area (Å²) in [5.41, 5.74) is -1.24. The third-order valence-electron chi connectivity index (χ3n) is 5.44. The van der Waals surface area contributed by atoms with Crippen LogP contribution in [0.4, 0.5) is 0 Å². The van der Waals surface area contributed by atoms with Gasteiger partial charge in [0.25, 0.3) is 21.2 Å². The second-order valence-electron chi connectivity index (χ2n) is 7.63. The Morgan fingerprint density at radius 3 is 2.43 bits per heavy atom. The number of rotatable bonds is 0. The molecule has 6 heterocycles. The zero-order valence-electron chi connectivity index (χ0n) is 17.1. The van der Waals surface area contributed by atoms with Crippen LogP contribution in [0.2, 0.25) is 0 Å². The normalized spacial score (nSPS) is 40.3. The summed E-state index contributed by atoms with van der Waals surface area (Å²) in [4.78, 5) is 44.9. The summed E-state index contributed by atoms with van der Waals surface area (Å²) in [5, 5.41) is 41.1. The van der Waals surface area contributed by atoms with Crippen LogP contribution < -0.4 is 15.3 Å². The van der Waals surface area contributed by atoms with Crippen LogP contribution in [0.3, 0.4) is 0 Å². The highest BCUT2D eigenvalue weighted by Crippen LogP contribution is 2.56. The second-order valence-corrected chi connectivity index (χ2v) is 10.6. The third kappa shape index (κ3) is 4.22. The Bertz CT molecular complexity index is 1360. The van der Waals surface area contributed by atoms with E-state index >= 15 is 0 Å². The van der Waals surface area contributed by atoms with Gasteiger partial charge >= 0.3 is 0 Å². The average molecular weight is 538 g/mol. The first-order valence-corrected chi connectivity index (χ1v) is 12.7. The van der Waals surface area contributed by atoms with Crippen molar-refractivity contribution < 1.29 is 62.2 Å². The van der Waals surface area contributed by atoms with E-state index in [2.05, 4.69) is 23.3 Å². The molecular formula is C15H16N4O14P2-2. The standard InChI is InChI=1S/C15H18N4O14P2/c20-8-5-1-29-34(25,26)33-35(27,28)30-2-6-9(21)11(23)15(32-6)19-4-17-12-7(13(19)24)16-3-18(12)14(31-5)10(8)22/h3-4,6,9-11,14-15,20-23H,1-2H2,(H,25,26)(H,27,28)/p-2/t6-,9-,10-,11-,14-,15-/m1/s1. The molecule has 4 N–H and O–H groups in total. The number of nitrogens with zero attached hydrogens (tertiary/aromatic N) is 4. The Morgan fingerprint density at radius 1 is 1.00 bits per heavy atom. The minimum absolute atomic E-state index is 0.121. The molecule has 2 unspecified atom stereocenters. The lowest BCUT2D eigenvalue weighted by Gasteiger charge is -2.31. The number of hydrogen-bond donors (Lipinski definition) is 4. The van der Waals surface area contributed by atoms with E-state index in [-0.39, 0.29) is 11.2 Å². The summed E-state index contributed by atoms with van der Waals surface area (Å²) in [5.74, 6) is -1.43. The summed E-state index contributed by atoms with van der Waals surface area (Å²) in [6.45, 7) is -2.08. The fourth-order valence-electron chi connectivity index (χ4n) is 3.75. The lowest BCUT2D eigenvalue weighted by Crippen LogP contribution is -2.36. The van der Waals surface area contributed by atoms with Crippen molar-refractivity contribution >= 4 is 26.8 Å². The zero-order chi connectivity index (χ0) is 25.3. The molecule has 0 spiro atoms. The molecule has 20 heteroatoms. The van der Waals surface area contributed by atoms with Crippen molar-refractivity contribution in [3.63, 3.8) is 0 Å². The van der Waals surface area contributed by atoms with E-state index in [1.165, 1.54) is 0 Å². The average Bonchev–Trinajstić information content (AvgIpc) is 3.41. The van der Waals surface area contributed by atoms with Gasteiger partial charge in [-0.2, -0.15) is 0 Å². The number of phosphoric ester groups is 2. The molecule has 0 radical (unpaired) electrons. The molecule has 1 saturated heterocycles. The van der Waals surface area contributed by atoms with Crippen molar-refractivity contribution in [1.29, 1.82) is 0 Å². The monoisotopic (exact) mass is 538 g/mol. The van der Waals surface area contributed by atoms with E-state index in [4.69, 9.17) is 9.47 Å². The van der Waals surface area contributed by atoms with Crippen molar-refractivity contribution in [1.82, 2.24) is 19.1 Å². The summed E-state index contributed by atoms with van der Waals surface area (Å²) in [6, 6.07) is 0. The first-order valence-electron chi connectivity index (χ1n) is 9.73. The smallest absolute Gasteiger partial charge is 0.283 e. The number of aliphatic hydroxyl groups is 4. The van der Waals surface area contributed by atoms with Crippen molar-refractivity contribution in [3.8, 4) is 0 Å². The first-order chi connectivity index (χ1) is 16.4. The van der Waals surface area contributed by atoms with Gasteiger partial charge < -0.3 is 48.7 Å². The van der Waals surface area contributed by atoms with Gasteiger partial charge in [-0.25, -0.2) is 14.3 Å². The van der Waals surface area contributed by atoms with Crippen LogP contribution >= 0.6 is 15.6 Å². The van der Waals surface area contributed by atoms with Crippen molar-refractivity contribution in [2.45, 2.75) is 36.9 Å². The van der Waals surface area contributed by atoms with E-state index in [1.54, 1.807) is 0 Å². The van der Waals surface area contributed by atoms with Gasteiger partial charge in [0.15, 0.2) is 35.0 Å². The lowest BCUT2D eigenvalue weighted by atomic mass is 10.1. The van der Waals surface area contributed by atoms with Gasteiger partial charge in [0.1, 0.15) is 37.6 Å². The number of phosphoric acid groups is 2. The molecular weight excluding hydrogens is 522 g/mol. The van der Waals surface area contributed by atoms with Crippen LogP contribution in [0.25, 0.3) is 11.2 Å². The molecule has 8 atom stereocenters. The van der Waals surface area contributed by atoms with Gasteiger partial charge in [-0.05, 0) is 0 Å². The zero-order valence-corrected chi connectivity index (χ0v) is 18.9. The highest BCUT2D eigenvalue weighted by molar-refractivity contribution is 7.59. The molecule has 35 heavy (non-hydrogen) atoms. The maximum atomic E-state index is 13.0. The molecule has 1 fully saturated rings. The van der Waals surface area contributed by atoms with Gasteiger partial charge in [-0.1, -0.05) is 0 Å². The number of hydrogen-bond acceptors (Lipinski definition) is 16. The summed E-state index contributed by atoms with van der Waals surface area (Å²) < 4.78 is 49.3. The van der Waals surface area contributed by atoms with Crippen LogP contribution in [-0.2, 0) is 32.0 Å². The summed E-state index contributed by atoms with van der Waals surface area (Å²) >= 11 is 0. The van der Waals surface area contributed by atoms with E-state index in [0.717, 1.165) is 21.8 Å². The lowest BCUT2D eigenvalue weighted by molar-refractivity contribution is -0.245. The van der Waals surface area contributed by atoms with Crippen molar-refractivity contribution in [2.24, 2.45) is 0 Å². The Morgan fingerprint density at radius 2 is 1.69 bits per heavy atom. The van der Waals surface area contributed by atoms with Gasteiger partial charge in [0.2, 0.25) is 6.23 Å². The van der Waals surface area contributed by atoms with Crippen LogP contribution in [0.1, 0.15) is 12.5 Å². The predicted octanol–water partition coefficient (Wildman–Crippen LogP) is -3.13. The Balaban J connectivity index is 1.59. The molecule has 4 aliphatic heterocycles. The van der Waals surface area contributed by atoms with Crippen molar-refractivity contribution in [2.75, 3.05) is 13.2 Å². The van der Waals surface area contributed by atoms with Gasteiger partial charge in [-0.15, -0.1) is 0 Å². The molecule has 0 saturated carbocycles. The number of ether oxygens (including phenoxy) is 2. The highest BCUT2D eigenvalue weighted by atomic mass is 31.3. The SMILES string of the molecule is O=c1c2ncn3c2ncn1[C@@H]1O[C@H](COP(=O)([O-])OP(=O)([O-])OCC2=C(O)[C@@H](O)[C@H]3O2)[C@@H](O)[C@H]1O. The molecule has 8 bridgehead atoms. The van der Waals surface area contributed by atoms with Gasteiger partial charge in [0, 0.05) is 0 Å². The van der Waals surface area contributed by atoms with Crippen LogP contribution in [0, 0.1) is 0 Å². The topological polar surface area (TPSA) is 260 Å². The third-order valence-corrected chi connectivity index (χ3v) is 7.95. The number of imidazole rings is 1. The van der Waals surface area contributed by atoms with Crippen molar-refractivity contribution in [3.05, 3.63) is 34.5 Å². The second kappa shape index (κ2) is 8.43. The van der Waals surface area contributed by atoms with Crippen LogP contribution in [-0.4, -0.2) is 77.2 Å². The molecule has 18 nitrogen and oxygen atoms in total. The minimum atomic E-state index is -5.61. The largest absolute Gasteiger partial charge is 0.756 e. The van der Waals surface area contributed by atoms with Gasteiger partial charge in [-0.3, -0.25) is 23.1 Å². The van der Waals surface area contributed by atoms with Crippen LogP contribution in [0.15, 0.2) is 29.0 Å². The molecule has 4 aliphatic rings. The molecule has 0 aliphatic carbocycles. The van der Waals surface area contributed by atoms with Gasteiger partial charge in [0.05, 0.1) is 6.61 Å². The first kappa shape index (κ1) is 24.5. The van der Waals surface area contributed by atoms with Crippen LogP contribution in [0.5, 0.6) is 0 Å². The quantitative estimate of drug-likeness (QED) is 0.242. The number of aliphatic hydroxyl groups excluding tert-OH is 4.